The molecule has 0 aliphatic carbocycles. The molecule has 0 spiro atoms. The summed E-state index contributed by atoms with van der Waals surface area (Å²) >= 11 is 0. The maximum Gasteiger partial charge on any atom is 0.451 e. The van der Waals surface area contributed by atoms with Crippen LogP contribution in [0.15, 0.2) is 24.3 Å². The molecule has 0 unspecified atom stereocenters. The average Bonchev–Trinajstić information content (AvgIpc) is 2.29. The first-order valence-electron chi connectivity index (χ1n) is 4.54. The number of benzene rings is 1. The van der Waals surface area contributed by atoms with Crippen molar-refractivity contribution in [3.63, 3.8) is 0 Å². The Morgan fingerprint density at radius 2 is 2.12 bits per heavy atom. The van der Waals surface area contributed by atoms with Gasteiger partial charge in [-0.3, -0.25) is 4.79 Å². The summed E-state index contributed by atoms with van der Waals surface area (Å²) in [6.07, 6.45) is -5.02. The fourth-order valence-electron chi connectivity index (χ4n) is 1.27. The smallest absolute Gasteiger partial charge is 0.451 e. The van der Waals surface area contributed by atoms with E-state index < -0.39 is 17.9 Å². The molecule has 0 radical (unpaired) electrons. The van der Waals surface area contributed by atoms with Crippen LogP contribution in [-0.4, -0.2) is 19.1 Å². The van der Waals surface area contributed by atoms with Gasteiger partial charge < -0.3 is 4.74 Å². The molecule has 1 rings (SSSR count). The largest absolute Gasteiger partial charge is 0.497 e. The van der Waals surface area contributed by atoms with E-state index in [4.69, 9.17) is 10.00 Å². The Labute approximate surface area is 95.4 Å². The van der Waals surface area contributed by atoms with E-state index in [2.05, 4.69) is 0 Å². The van der Waals surface area contributed by atoms with Crippen molar-refractivity contribution in [3.05, 3.63) is 29.8 Å². The highest BCUT2D eigenvalue weighted by atomic mass is 19.4. The van der Waals surface area contributed by atoms with Gasteiger partial charge in [0.1, 0.15) is 11.7 Å². The van der Waals surface area contributed by atoms with Crippen LogP contribution in [0.2, 0.25) is 0 Å². The van der Waals surface area contributed by atoms with Crippen LogP contribution >= 0.6 is 0 Å². The minimum Gasteiger partial charge on any atom is -0.497 e. The van der Waals surface area contributed by atoms with Crippen LogP contribution < -0.4 is 4.74 Å². The van der Waals surface area contributed by atoms with E-state index in [1.165, 1.54) is 37.4 Å². The summed E-state index contributed by atoms with van der Waals surface area (Å²) in [7, 11) is 1.34. The molecule has 0 fully saturated rings. The summed E-state index contributed by atoms with van der Waals surface area (Å²) in [5, 5.41) is 8.67. The molecule has 0 aromatic heterocycles. The molecule has 1 aromatic carbocycles. The summed E-state index contributed by atoms with van der Waals surface area (Å²) in [4.78, 5) is 11.0. The lowest BCUT2D eigenvalue weighted by atomic mass is 9.95. The standard InChI is InChI=1S/C11H8F3NO2/c1-17-8-4-2-3-7(5-8)9(6-15)10(16)11(12,13)14/h2-5,9H,1H3/t9-/m0/s1. The molecule has 0 amide bonds. The number of ether oxygens (including phenoxy) is 1. The summed E-state index contributed by atoms with van der Waals surface area (Å²) in [6.45, 7) is 0. The molecule has 0 aliphatic rings. The Bertz CT molecular complexity index is 463. The van der Waals surface area contributed by atoms with Crippen molar-refractivity contribution in [1.29, 1.82) is 5.26 Å². The molecule has 3 nitrogen and oxygen atoms in total. The number of nitrogens with zero attached hydrogens (tertiary/aromatic N) is 1. The number of ketones is 1. The van der Waals surface area contributed by atoms with Crippen molar-refractivity contribution in [2.24, 2.45) is 0 Å². The van der Waals surface area contributed by atoms with Crippen LogP contribution in [0.5, 0.6) is 5.75 Å². The van der Waals surface area contributed by atoms with Gasteiger partial charge in [-0.05, 0) is 17.7 Å². The number of rotatable bonds is 3. The zero-order chi connectivity index (χ0) is 13.1. The summed E-state index contributed by atoms with van der Waals surface area (Å²) in [5.41, 5.74) is -0.0332. The van der Waals surface area contributed by atoms with Crippen LogP contribution in [0.4, 0.5) is 13.2 Å². The Hall–Kier alpha value is -2.03. The highest BCUT2D eigenvalue weighted by molar-refractivity contribution is 5.92. The highest BCUT2D eigenvalue weighted by Gasteiger charge is 2.44. The number of alkyl halides is 3. The SMILES string of the molecule is COc1cccc([C@H](C#N)C(=O)C(F)(F)F)c1. The molecule has 17 heavy (non-hydrogen) atoms. The Balaban J connectivity index is 3.11. The zero-order valence-corrected chi connectivity index (χ0v) is 8.78. The molecule has 6 heteroatoms. The fraction of sp³-hybridized carbons (Fsp3) is 0.273. The van der Waals surface area contributed by atoms with E-state index in [1.54, 1.807) is 0 Å². The van der Waals surface area contributed by atoms with Crippen LogP contribution in [-0.2, 0) is 4.79 Å². The van der Waals surface area contributed by atoms with E-state index in [-0.39, 0.29) is 11.3 Å². The maximum atomic E-state index is 12.2. The number of nitriles is 1. The molecule has 0 saturated carbocycles. The van der Waals surface area contributed by atoms with Crippen molar-refractivity contribution in [2.45, 2.75) is 12.1 Å². The van der Waals surface area contributed by atoms with Gasteiger partial charge in [0, 0.05) is 0 Å². The highest BCUT2D eigenvalue weighted by Crippen LogP contribution is 2.28. The van der Waals surface area contributed by atoms with E-state index in [1.807, 2.05) is 0 Å². The summed E-state index contributed by atoms with van der Waals surface area (Å²) < 4.78 is 41.5. The van der Waals surface area contributed by atoms with E-state index >= 15 is 0 Å². The maximum absolute atomic E-state index is 12.2. The molecule has 1 aromatic rings. The van der Waals surface area contributed by atoms with Gasteiger partial charge >= 0.3 is 6.18 Å². The summed E-state index contributed by atoms with van der Waals surface area (Å²) in [5.74, 6) is -3.64. The normalized spacial score (nSPS) is 12.6. The minimum atomic E-state index is -5.02. The van der Waals surface area contributed by atoms with Gasteiger partial charge in [0.15, 0.2) is 0 Å². The Morgan fingerprint density at radius 3 is 2.59 bits per heavy atom. The van der Waals surface area contributed by atoms with Crippen LogP contribution in [0.25, 0.3) is 0 Å². The number of Topliss-reactive ketones (excluding diaryl/α,β-unsaturated/α-hetero) is 1. The number of hydrogen-bond donors (Lipinski definition) is 0. The third kappa shape index (κ3) is 2.97. The zero-order valence-electron chi connectivity index (χ0n) is 8.78. The summed E-state index contributed by atoms with van der Waals surface area (Å²) in [6, 6.07) is 6.79. The molecule has 1 atom stereocenters. The number of carbonyl (C=O) groups is 1. The van der Waals surface area contributed by atoms with E-state index in [0.29, 0.717) is 0 Å². The molecular formula is C11H8F3NO2. The lowest BCUT2D eigenvalue weighted by Crippen LogP contribution is -2.28. The molecule has 0 heterocycles. The van der Waals surface area contributed by atoms with Crippen LogP contribution in [0.3, 0.4) is 0 Å². The second-order valence-corrected chi connectivity index (χ2v) is 3.20. The molecule has 0 bridgehead atoms. The van der Waals surface area contributed by atoms with Crippen molar-refractivity contribution in [1.82, 2.24) is 0 Å². The Morgan fingerprint density at radius 1 is 1.47 bits per heavy atom. The van der Waals surface area contributed by atoms with Gasteiger partial charge in [-0.1, -0.05) is 12.1 Å². The molecular weight excluding hydrogens is 235 g/mol. The first-order valence-corrected chi connectivity index (χ1v) is 4.54. The van der Waals surface area contributed by atoms with Crippen molar-refractivity contribution < 1.29 is 22.7 Å². The van der Waals surface area contributed by atoms with E-state index in [0.717, 1.165) is 0 Å². The first kappa shape index (κ1) is 13.0. The predicted molar refractivity (Wildman–Crippen MR) is 52.4 cm³/mol. The topological polar surface area (TPSA) is 50.1 Å². The third-order valence-corrected chi connectivity index (χ3v) is 2.10. The van der Waals surface area contributed by atoms with Crippen molar-refractivity contribution >= 4 is 5.78 Å². The van der Waals surface area contributed by atoms with Gasteiger partial charge in [-0.25, -0.2) is 0 Å². The van der Waals surface area contributed by atoms with Gasteiger partial charge in [-0.2, -0.15) is 18.4 Å². The van der Waals surface area contributed by atoms with Crippen molar-refractivity contribution in [3.8, 4) is 11.8 Å². The van der Waals surface area contributed by atoms with Gasteiger partial charge in [0.2, 0.25) is 0 Å². The fourth-order valence-corrected chi connectivity index (χ4v) is 1.27. The predicted octanol–water partition coefficient (Wildman–Crippen LogP) is 2.43. The molecule has 90 valence electrons. The molecule has 0 N–H and O–H groups in total. The van der Waals surface area contributed by atoms with Crippen molar-refractivity contribution in [2.75, 3.05) is 7.11 Å². The van der Waals surface area contributed by atoms with Gasteiger partial charge in [0.25, 0.3) is 5.78 Å². The second-order valence-electron chi connectivity index (χ2n) is 3.20. The monoisotopic (exact) mass is 243 g/mol. The molecule has 0 aliphatic heterocycles. The van der Waals surface area contributed by atoms with Gasteiger partial charge in [-0.15, -0.1) is 0 Å². The lowest BCUT2D eigenvalue weighted by molar-refractivity contribution is -0.171. The number of halogens is 3. The van der Waals surface area contributed by atoms with Crippen LogP contribution in [0, 0.1) is 11.3 Å². The third-order valence-electron chi connectivity index (χ3n) is 2.10. The Kier molecular flexibility index (Phi) is 3.73. The number of carbonyl (C=O) groups excluding carboxylic acids is 1. The van der Waals surface area contributed by atoms with Gasteiger partial charge in [0.05, 0.1) is 13.2 Å². The first-order chi connectivity index (χ1) is 7.90. The average molecular weight is 243 g/mol. The number of methoxy groups -OCH3 is 1. The van der Waals surface area contributed by atoms with E-state index in [9.17, 15) is 18.0 Å². The minimum absolute atomic E-state index is 0.0332. The molecule has 0 saturated heterocycles. The second kappa shape index (κ2) is 4.87. The lowest BCUT2D eigenvalue weighted by Gasteiger charge is -2.11. The quantitative estimate of drug-likeness (QED) is 0.819. The van der Waals surface area contributed by atoms with Crippen LogP contribution in [0.1, 0.15) is 11.5 Å². The number of hydrogen-bond acceptors (Lipinski definition) is 3.